The maximum absolute atomic E-state index is 12.4. The Morgan fingerprint density at radius 1 is 1.12 bits per heavy atom. The molecule has 2 unspecified atom stereocenters. The molecule has 2 aromatic rings. The summed E-state index contributed by atoms with van der Waals surface area (Å²) < 4.78 is 0. The van der Waals surface area contributed by atoms with Crippen molar-refractivity contribution < 1.29 is 9.59 Å². The number of carbonyl (C=O) groups is 2. The lowest BCUT2D eigenvalue weighted by molar-refractivity contribution is -0.125. The van der Waals surface area contributed by atoms with E-state index in [1.165, 1.54) is 0 Å². The van der Waals surface area contributed by atoms with Crippen LogP contribution in [0.1, 0.15) is 29.8 Å². The Balaban J connectivity index is 1.97. The lowest BCUT2D eigenvalue weighted by Gasteiger charge is -2.18. The van der Waals surface area contributed by atoms with Gasteiger partial charge >= 0.3 is 0 Å². The minimum absolute atomic E-state index is 0.0657. The molecule has 6 heteroatoms. The first-order valence-electron chi connectivity index (χ1n) is 8.20. The summed E-state index contributed by atoms with van der Waals surface area (Å²) in [6.45, 7) is 4.05. The van der Waals surface area contributed by atoms with Gasteiger partial charge in [-0.3, -0.25) is 14.6 Å². The number of hydrogen-bond acceptors (Lipinski definition) is 4. The number of nitrogens with two attached hydrogens (primary N) is 1. The smallest absolute Gasteiger partial charge is 0.258 e. The number of benzene rings is 1. The summed E-state index contributed by atoms with van der Waals surface area (Å²) in [4.78, 5) is 29.8. The standard InChI is InChI=1S/C19H24N4O2/c1-13(14(2)20)18(24)22-12-15-4-6-17(7-5-15)23(3)19(25)16-8-10-21-11-9-16/h4-11,13-14H,12,20H2,1-3H3,(H,22,24). The van der Waals surface area contributed by atoms with Crippen molar-refractivity contribution >= 4 is 17.5 Å². The summed E-state index contributed by atoms with van der Waals surface area (Å²) in [7, 11) is 1.73. The average molecular weight is 340 g/mol. The molecule has 0 spiro atoms. The van der Waals surface area contributed by atoms with Crippen molar-refractivity contribution in [2.45, 2.75) is 26.4 Å². The van der Waals surface area contributed by atoms with Gasteiger partial charge in [0, 0.05) is 49.2 Å². The molecule has 0 saturated carbocycles. The number of carbonyl (C=O) groups excluding carboxylic acids is 2. The van der Waals surface area contributed by atoms with Crippen LogP contribution in [0.15, 0.2) is 48.8 Å². The predicted molar refractivity (Wildman–Crippen MR) is 98.1 cm³/mol. The molecule has 0 fully saturated rings. The third kappa shape index (κ3) is 4.87. The van der Waals surface area contributed by atoms with Crippen LogP contribution in [0, 0.1) is 5.92 Å². The molecule has 0 aliphatic heterocycles. The summed E-state index contributed by atoms with van der Waals surface area (Å²) in [6.07, 6.45) is 3.19. The third-order valence-electron chi connectivity index (χ3n) is 4.22. The summed E-state index contributed by atoms with van der Waals surface area (Å²) >= 11 is 0. The molecule has 2 rings (SSSR count). The second kappa shape index (κ2) is 8.39. The van der Waals surface area contributed by atoms with E-state index in [0.717, 1.165) is 11.3 Å². The molecule has 6 nitrogen and oxygen atoms in total. The lowest BCUT2D eigenvalue weighted by Crippen LogP contribution is -2.38. The molecule has 0 aliphatic rings. The first-order chi connectivity index (χ1) is 11.9. The van der Waals surface area contributed by atoms with Gasteiger partial charge < -0.3 is 16.0 Å². The second-order valence-corrected chi connectivity index (χ2v) is 6.13. The molecule has 1 heterocycles. The van der Waals surface area contributed by atoms with E-state index in [1.807, 2.05) is 38.1 Å². The van der Waals surface area contributed by atoms with Crippen LogP contribution < -0.4 is 16.0 Å². The highest BCUT2D eigenvalue weighted by Gasteiger charge is 2.16. The van der Waals surface area contributed by atoms with Crippen molar-refractivity contribution in [3.05, 3.63) is 59.9 Å². The number of nitrogens with one attached hydrogen (secondary N) is 1. The van der Waals surface area contributed by atoms with Crippen molar-refractivity contribution in [2.24, 2.45) is 11.7 Å². The Labute approximate surface area is 148 Å². The summed E-state index contributed by atoms with van der Waals surface area (Å²) in [5, 5.41) is 2.87. The number of anilines is 1. The van der Waals surface area contributed by atoms with Gasteiger partial charge in [-0.15, -0.1) is 0 Å². The van der Waals surface area contributed by atoms with Gasteiger partial charge in [-0.05, 0) is 36.8 Å². The molecule has 0 saturated heterocycles. The van der Waals surface area contributed by atoms with E-state index >= 15 is 0 Å². The van der Waals surface area contributed by atoms with Crippen LogP contribution >= 0.6 is 0 Å². The molecule has 0 bridgehead atoms. The highest BCUT2D eigenvalue weighted by atomic mass is 16.2. The molecule has 132 valence electrons. The zero-order chi connectivity index (χ0) is 18.4. The van der Waals surface area contributed by atoms with Crippen LogP contribution in [0.5, 0.6) is 0 Å². The molecule has 0 aliphatic carbocycles. The van der Waals surface area contributed by atoms with Crippen LogP contribution in [0.2, 0.25) is 0 Å². The normalized spacial score (nSPS) is 13.0. The number of amides is 2. The zero-order valence-corrected chi connectivity index (χ0v) is 14.8. The average Bonchev–Trinajstić information content (AvgIpc) is 2.65. The zero-order valence-electron chi connectivity index (χ0n) is 14.8. The minimum Gasteiger partial charge on any atom is -0.352 e. The van der Waals surface area contributed by atoms with Crippen LogP contribution in [-0.2, 0) is 11.3 Å². The Bertz CT molecular complexity index is 714. The number of nitrogens with zero attached hydrogens (tertiary/aromatic N) is 2. The first-order valence-corrected chi connectivity index (χ1v) is 8.20. The van der Waals surface area contributed by atoms with Crippen molar-refractivity contribution in [3.8, 4) is 0 Å². The van der Waals surface area contributed by atoms with Gasteiger partial charge in [0.2, 0.25) is 5.91 Å². The quantitative estimate of drug-likeness (QED) is 0.841. The number of pyridine rings is 1. The van der Waals surface area contributed by atoms with Crippen LogP contribution in [0.4, 0.5) is 5.69 Å². The predicted octanol–water partition coefficient (Wildman–Crippen LogP) is 1.96. The molecular weight excluding hydrogens is 316 g/mol. The highest BCUT2D eigenvalue weighted by molar-refractivity contribution is 6.05. The fourth-order valence-electron chi connectivity index (χ4n) is 2.23. The van der Waals surface area contributed by atoms with Gasteiger partial charge in [-0.25, -0.2) is 0 Å². The molecule has 25 heavy (non-hydrogen) atoms. The Hall–Kier alpha value is -2.73. The van der Waals surface area contributed by atoms with Gasteiger partial charge in [0.05, 0.1) is 0 Å². The van der Waals surface area contributed by atoms with Crippen molar-refractivity contribution in [1.29, 1.82) is 0 Å². The van der Waals surface area contributed by atoms with E-state index in [-0.39, 0.29) is 23.8 Å². The molecule has 2 atom stereocenters. The maximum atomic E-state index is 12.4. The SMILES string of the molecule is CC(N)C(C)C(=O)NCc1ccc(N(C)C(=O)c2ccncc2)cc1. The van der Waals surface area contributed by atoms with Crippen molar-refractivity contribution in [1.82, 2.24) is 10.3 Å². The van der Waals surface area contributed by atoms with Crippen LogP contribution in [0.25, 0.3) is 0 Å². The highest BCUT2D eigenvalue weighted by Crippen LogP contribution is 2.16. The summed E-state index contributed by atoms with van der Waals surface area (Å²) in [5.41, 5.74) is 8.05. The summed E-state index contributed by atoms with van der Waals surface area (Å²) in [5.74, 6) is -0.401. The van der Waals surface area contributed by atoms with E-state index in [2.05, 4.69) is 10.3 Å². The molecule has 0 radical (unpaired) electrons. The minimum atomic E-state index is -0.233. The fourth-order valence-corrected chi connectivity index (χ4v) is 2.23. The summed E-state index contributed by atoms with van der Waals surface area (Å²) in [6, 6.07) is 10.7. The van der Waals surface area contributed by atoms with Crippen molar-refractivity contribution in [2.75, 3.05) is 11.9 Å². The Morgan fingerprint density at radius 3 is 2.28 bits per heavy atom. The van der Waals surface area contributed by atoms with Gasteiger partial charge in [-0.2, -0.15) is 0 Å². The monoisotopic (exact) mass is 340 g/mol. The fraction of sp³-hybridized carbons (Fsp3) is 0.316. The van der Waals surface area contributed by atoms with Gasteiger partial charge in [0.1, 0.15) is 0 Å². The molecule has 1 aromatic carbocycles. The van der Waals surface area contributed by atoms with E-state index in [9.17, 15) is 9.59 Å². The lowest BCUT2D eigenvalue weighted by atomic mass is 10.0. The molecule has 1 aromatic heterocycles. The number of aromatic nitrogens is 1. The first kappa shape index (κ1) is 18.6. The van der Waals surface area contributed by atoms with Gasteiger partial charge in [0.25, 0.3) is 5.91 Å². The maximum Gasteiger partial charge on any atom is 0.258 e. The second-order valence-electron chi connectivity index (χ2n) is 6.13. The Kier molecular flexibility index (Phi) is 6.25. The van der Waals surface area contributed by atoms with Crippen LogP contribution in [-0.4, -0.2) is 29.9 Å². The van der Waals surface area contributed by atoms with E-state index in [0.29, 0.717) is 12.1 Å². The topological polar surface area (TPSA) is 88.3 Å². The molecule has 2 amide bonds. The van der Waals surface area contributed by atoms with Crippen molar-refractivity contribution in [3.63, 3.8) is 0 Å². The van der Waals surface area contributed by atoms with E-state index in [4.69, 9.17) is 5.73 Å². The van der Waals surface area contributed by atoms with E-state index in [1.54, 1.807) is 36.5 Å². The van der Waals surface area contributed by atoms with Gasteiger partial charge in [0.15, 0.2) is 0 Å². The largest absolute Gasteiger partial charge is 0.352 e. The third-order valence-corrected chi connectivity index (χ3v) is 4.22. The van der Waals surface area contributed by atoms with Gasteiger partial charge in [-0.1, -0.05) is 19.1 Å². The van der Waals surface area contributed by atoms with E-state index < -0.39 is 0 Å². The molecule has 3 N–H and O–H groups in total. The number of hydrogen-bond donors (Lipinski definition) is 2. The Morgan fingerprint density at radius 2 is 1.72 bits per heavy atom. The molecular formula is C19H24N4O2. The van der Waals surface area contributed by atoms with Crippen LogP contribution in [0.3, 0.4) is 0 Å². The number of rotatable bonds is 6.